The van der Waals surface area contributed by atoms with Gasteiger partial charge in [0.15, 0.2) is 5.78 Å². The quantitative estimate of drug-likeness (QED) is 0.622. The average molecular weight is 244 g/mol. The average Bonchev–Trinajstić information content (AvgIpc) is 2.86. The van der Waals surface area contributed by atoms with E-state index in [4.69, 9.17) is 0 Å². The second kappa shape index (κ2) is 4.21. The van der Waals surface area contributed by atoms with Crippen molar-refractivity contribution in [2.75, 3.05) is 0 Å². The number of Topliss-reactive ketones (excluding diaryl/α,β-unsaturated/α-hetero) is 1. The van der Waals surface area contributed by atoms with Crippen molar-refractivity contribution in [3.8, 4) is 0 Å². The van der Waals surface area contributed by atoms with Gasteiger partial charge in [-0.15, -0.1) is 0 Å². The standard InChI is InChI=1S/C17H24O/c18-16-10-12-5-3-7-13(12)15-9-8-11-4-1-2-6-14(11)17(15)16/h11-13,15H,1-10H2. The van der Waals surface area contributed by atoms with Crippen LogP contribution in [0.4, 0.5) is 0 Å². The first kappa shape index (κ1) is 11.3. The molecule has 4 atom stereocenters. The summed E-state index contributed by atoms with van der Waals surface area (Å²) in [5.74, 6) is 3.68. The maximum atomic E-state index is 12.6. The molecule has 1 heteroatoms. The first-order valence-corrected chi connectivity index (χ1v) is 8.10. The largest absolute Gasteiger partial charge is 0.295 e. The molecule has 0 heterocycles. The minimum atomic E-state index is 0.560. The minimum Gasteiger partial charge on any atom is -0.295 e. The highest BCUT2D eigenvalue weighted by Gasteiger charge is 2.46. The molecule has 0 radical (unpaired) electrons. The number of rotatable bonds is 0. The lowest BCUT2D eigenvalue weighted by Crippen LogP contribution is -2.37. The monoisotopic (exact) mass is 244 g/mol. The fraction of sp³-hybridized carbons (Fsp3) is 0.824. The number of carbonyl (C=O) groups excluding carboxylic acids is 1. The van der Waals surface area contributed by atoms with Crippen LogP contribution in [0.5, 0.6) is 0 Å². The molecule has 4 unspecified atom stereocenters. The number of ketones is 1. The Morgan fingerprint density at radius 3 is 2.78 bits per heavy atom. The highest BCUT2D eigenvalue weighted by molar-refractivity contribution is 5.98. The predicted molar refractivity (Wildman–Crippen MR) is 72.2 cm³/mol. The van der Waals surface area contributed by atoms with E-state index in [0.717, 1.165) is 24.2 Å². The fourth-order valence-corrected chi connectivity index (χ4v) is 5.53. The number of hydrogen-bond donors (Lipinski definition) is 0. The molecule has 4 rings (SSSR count). The lowest BCUT2D eigenvalue weighted by molar-refractivity contribution is -0.119. The van der Waals surface area contributed by atoms with Gasteiger partial charge in [-0.25, -0.2) is 0 Å². The van der Waals surface area contributed by atoms with Crippen LogP contribution in [0, 0.1) is 23.7 Å². The lowest BCUT2D eigenvalue weighted by atomic mass is 9.61. The van der Waals surface area contributed by atoms with Gasteiger partial charge in [0.2, 0.25) is 0 Å². The highest BCUT2D eigenvalue weighted by Crippen LogP contribution is 2.53. The molecule has 0 aromatic heterocycles. The molecule has 18 heavy (non-hydrogen) atoms. The van der Waals surface area contributed by atoms with Crippen molar-refractivity contribution >= 4 is 5.78 Å². The summed E-state index contributed by atoms with van der Waals surface area (Å²) >= 11 is 0. The highest BCUT2D eigenvalue weighted by atomic mass is 16.1. The van der Waals surface area contributed by atoms with E-state index in [1.165, 1.54) is 63.4 Å². The van der Waals surface area contributed by atoms with Crippen molar-refractivity contribution in [3.05, 3.63) is 11.1 Å². The van der Waals surface area contributed by atoms with Gasteiger partial charge in [-0.1, -0.05) is 18.4 Å². The van der Waals surface area contributed by atoms with Crippen molar-refractivity contribution < 1.29 is 4.79 Å². The van der Waals surface area contributed by atoms with Crippen LogP contribution in [-0.2, 0) is 4.79 Å². The molecule has 0 amide bonds. The molecule has 0 spiro atoms. The lowest BCUT2D eigenvalue weighted by Gasteiger charge is -2.43. The second-order valence-corrected chi connectivity index (χ2v) is 7.05. The molecule has 0 N–H and O–H groups in total. The number of allylic oxidation sites excluding steroid dienone is 2. The summed E-state index contributed by atoms with van der Waals surface area (Å²) in [4.78, 5) is 12.6. The number of fused-ring (bicyclic) bond motifs is 4. The van der Waals surface area contributed by atoms with Gasteiger partial charge in [-0.05, 0) is 74.2 Å². The van der Waals surface area contributed by atoms with Crippen LogP contribution in [-0.4, -0.2) is 5.78 Å². The summed E-state index contributed by atoms with van der Waals surface area (Å²) in [6, 6.07) is 0. The maximum Gasteiger partial charge on any atom is 0.159 e. The molecule has 0 aromatic carbocycles. The Morgan fingerprint density at radius 1 is 0.889 bits per heavy atom. The van der Waals surface area contributed by atoms with Gasteiger partial charge in [0.05, 0.1) is 0 Å². The summed E-state index contributed by atoms with van der Waals surface area (Å²) in [5.41, 5.74) is 3.00. The summed E-state index contributed by atoms with van der Waals surface area (Å²) in [6.45, 7) is 0. The van der Waals surface area contributed by atoms with E-state index >= 15 is 0 Å². The fourth-order valence-electron chi connectivity index (χ4n) is 5.53. The molecule has 3 saturated carbocycles. The summed E-state index contributed by atoms with van der Waals surface area (Å²) in [5, 5.41) is 0. The molecule has 0 saturated heterocycles. The summed E-state index contributed by atoms with van der Waals surface area (Å²) in [7, 11) is 0. The molecule has 0 aliphatic heterocycles. The first-order valence-electron chi connectivity index (χ1n) is 8.10. The number of hydrogen-bond acceptors (Lipinski definition) is 1. The van der Waals surface area contributed by atoms with Crippen molar-refractivity contribution in [1.82, 2.24) is 0 Å². The van der Waals surface area contributed by atoms with Crippen LogP contribution >= 0.6 is 0 Å². The minimum absolute atomic E-state index is 0.560. The molecule has 0 aromatic rings. The van der Waals surface area contributed by atoms with Crippen molar-refractivity contribution in [2.24, 2.45) is 23.7 Å². The molecule has 3 fully saturated rings. The van der Waals surface area contributed by atoms with Crippen LogP contribution < -0.4 is 0 Å². The van der Waals surface area contributed by atoms with Gasteiger partial charge in [-0.3, -0.25) is 4.79 Å². The molecular formula is C17H24O. The van der Waals surface area contributed by atoms with Gasteiger partial charge < -0.3 is 0 Å². The Hall–Kier alpha value is -0.590. The maximum absolute atomic E-state index is 12.6. The molecule has 1 nitrogen and oxygen atoms in total. The van der Waals surface area contributed by atoms with E-state index in [1.54, 1.807) is 5.57 Å². The Kier molecular flexibility index (Phi) is 2.63. The molecule has 0 bridgehead atoms. The summed E-state index contributed by atoms with van der Waals surface area (Å²) in [6.07, 6.45) is 13.1. The van der Waals surface area contributed by atoms with Crippen LogP contribution in [0.3, 0.4) is 0 Å². The molecule has 98 valence electrons. The van der Waals surface area contributed by atoms with Gasteiger partial charge in [0.1, 0.15) is 0 Å². The van der Waals surface area contributed by atoms with Gasteiger partial charge in [-0.2, -0.15) is 0 Å². The van der Waals surface area contributed by atoms with Crippen LogP contribution in [0.25, 0.3) is 0 Å². The topological polar surface area (TPSA) is 17.1 Å². The molecular weight excluding hydrogens is 220 g/mol. The zero-order valence-electron chi connectivity index (χ0n) is 11.3. The third-order valence-corrected chi connectivity index (χ3v) is 6.27. The Morgan fingerprint density at radius 2 is 1.83 bits per heavy atom. The van der Waals surface area contributed by atoms with Crippen LogP contribution in [0.1, 0.15) is 64.2 Å². The first-order chi connectivity index (χ1) is 8.84. The van der Waals surface area contributed by atoms with E-state index in [-0.39, 0.29) is 0 Å². The Labute approximate surface area is 110 Å². The Bertz CT molecular complexity index is 406. The Balaban J connectivity index is 1.75. The van der Waals surface area contributed by atoms with Crippen LogP contribution in [0.15, 0.2) is 11.1 Å². The third kappa shape index (κ3) is 1.55. The van der Waals surface area contributed by atoms with E-state index in [1.807, 2.05) is 0 Å². The van der Waals surface area contributed by atoms with E-state index < -0.39 is 0 Å². The number of carbonyl (C=O) groups is 1. The second-order valence-electron chi connectivity index (χ2n) is 7.05. The van der Waals surface area contributed by atoms with Crippen molar-refractivity contribution in [1.29, 1.82) is 0 Å². The van der Waals surface area contributed by atoms with Crippen molar-refractivity contribution in [3.63, 3.8) is 0 Å². The van der Waals surface area contributed by atoms with E-state index in [2.05, 4.69) is 0 Å². The zero-order chi connectivity index (χ0) is 12.1. The van der Waals surface area contributed by atoms with Gasteiger partial charge in [0.25, 0.3) is 0 Å². The van der Waals surface area contributed by atoms with E-state index in [9.17, 15) is 4.79 Å². The predicted octanol–water partition coefficient (Wildman–Crippen LogP) is 4.27. The van der Waals surface area contributed by atoms with Gasteiger partial charge >= 0.3 is 0 Å². The van der Waals surface area contributed by atoms with Crippen LogP contribution in [0.2, 0.25) is 0 Å². The normalized spacial score (nSPS) is 43.4. The molecule has 4 aliphatic rings. The van der Waals surface area contributed by atoms with Gasteiger partial charge in [0, 0.05) is 6.42 Å². The smallest absolute Gasteiger partial charge is 0.159 e. The zero-order valence-corrected chi connectivity index (χ0v) is 11.3. The van der Waals surface area contributed by atoms with E-state index in [0.29, 0.717) is 11.7 Å². The molecule has 4 aliphatic carbocycles. The third-order valence-electron chi connectivity index (χ3n) is 6.27. The summed E-state index contributed by atoms with van der Waals surface area (Å²) < 4.78 is 0. The SMILES string of the molecule is O=C1CC2CCCC2C2CCC3CCCCC3=C12. The van der Waals surface area contributed by atoms with Crippen molar-refractivity contribution in [2.45, 2.75) is 64.2 Å².